The fourth-order valence-electron chi connectivity index (χ4n) is 5.89. The smallest absolute Gasteiger partial charge is 0.179 e. The number of benzene rings is 1. The van der Waals surface area contributed by atoms with E-state index < -0.39 is 0 Å². The van der Waals surface area contributed by atoms with Crippen molar-refractivity contribution >= 4 is 5.70 Å². The molecule has 0 N–H and O–H groups in total. The summed E-state index contributed by atoms with van der Waals surface area (Å²) in [5.74, 6) is 0.870. The first kappa shape index (κ1) is 22.0. The van der Waals surface area contributed by atoms with E-state index in [2.05, 4.69) is 78.1 Å². The van der Waals surface area contributed by atoms with Crippen molar-refractivity contribution in [3.05, 3.63) is 66.1 Å². The van der Waals surface area contributed by atoms with Gasteiger partial charge >= 0.3 is 0 Å². The summed E-state index contributed by atoms with van der Waals surface area (Å²) in [6, 6.07) is 12.8. The van der Waals surface area contributed by atoms with Crippen LogP contribution in [0, 0.1) is 11.3 Å². The molecule has 3 aliphatic rings. The Balaban J connectivity index is 1.34. The summed E-state index contributed by atoms with van der Waals surface area (Å²) < 4.78 is 5.33. The topological polar surface area (TPSA) is 62.7 Å². The van der Waals surface area contributed by atoms with Crippen molar-refractivity contribution in [3.63, 3.8) is 0 Å². The van der Waals surface area contributed by atoms with Crippen LogP contribution in [0.1, 0.15) is 25.3 Å². The molecule has 0 bridgehead atoms. The summed E-state index contributed by atoms with van der Waals surface area (Å²) in [5.41, 5.74) is 6.50. The SMILES string of the molecule is CC1(N2CC[C@@H]([N+](C)(C)C)C2)C=CC2=C(Cn3cc(-c4ccc(C#N)cc4)cc3-c3ncnn32)C1. The van der Waals surface area contributed by atoms with Gasteiger partial charge in [-0.3, -0.25) is 4.90 Å². The molecule has 2 atom stereocenters. The minimum atomic E-state index is -0.00287. The highest BCUT2D eigenvalue weighted by Crippen LogP contribution is 2.41. The van der Waals surface area contributed by atoms with Crippen LogP contribution in [0.15, 0.2) is 60.6 Å². The molecule has 1 aliphatic carbocycles. The Bertz CT molecular complexity index is 1390. The Kier molecular flexibility index (Phi) is 4.89. The lowest BCUT2D eigenvalue weighted by atomic mass is 9.85. The molecule has 178 valence electrons. The fraction of sp³-hybridized carbons (Fsp3) is 0.393. The van der Waals surface area contributed by atoms with E-state index in [1.165, 1.54) is 12.0 Å². The Morgan fingerprint density at radius 2 is 1.94 bits per heavy atom. The molecule has 2 aliphatic heterocycles. The van der Waals surface area contributed by atoms with Gasteiger partial charge in [0.1, 0.15) is 12.4 Å². The highest BCUT2D eigenvalue weighted by atomic mass is 15.4. The van der Waals surface area contributed by atoms with Crippen LogP contribution >= 0.6 is 0 Å². The number of likely N-dealkylation sites (tertiary alicyclic amines) is 1. The van der Waals surface area contributed by atoms with Crippen LogP contribution in [0.4, 0.5) is 0 Å². The van der Waals surface area contributed by atoms with E-state index in [1.54, 1.807) is 6.33 Å². The van der Waals surface area contributed by atoms with Gasteiger partial charge in [0.15, 0.2) is 5.82 Å². The van der Waals surface area contributed by atoms with Gasteiger partial charge in [0.25, 0.3) is 0 Å². The lowest BCUT2D eigenvalue weighted by Crippen LogP contribution is -2.50. The van der Waals surface area contributed by atoms with Crippen molar-refractivity contribution in [1.29, 1.82) is 5.26 Å². The highest BCUT2D eigenvalue weighted by Gasteiger charge is 2.42. The van der Waals surface area contributed by atoms with Gasteiger partial charge in [0.05, 0.1) is 50.7 Å². The Labute approximate surface area is 206 Å². The largest absolute Gasteiger partial charge is 0.340 e. The van der Waals surface area contributed by atoms with Gasteiger partial charge in [-0.1, -0.05) is 18.2 Å². The zero-order chi connectivity index (χ0) is 24.4. The number of aromatic nitrogens is 4. The van der Waals surface area contributed by atoms with Crippen LogP contribution in [-0.2, 0) is 6.54 Å². The molecule has 7 nitrogen and oxygen atoms in total. The van der Waals surface area contributed by atoms with Crippen LogP contribution in [0.2, 0.25) is 0 Å². The number of hydrogen-bond donors (Lipinski definition) is 0. The number of quaternary nitrogens is 1. The maximum absolute atomic E-state index is 9.15. The maximum atomic E-state index is 9.15. The summed E-state index contributed by atoms with van der Waals surface area (Å²) in [5, 5.41) is 13.8. The lowest BCUT2D eigenvalue weighted by molar-refractivity contribution is -0.893. The van der Waals surface area contributed by atoms with E-state index in [1.807, 2.05) is 28.9 Å². The standard InChI is InChI=1S/C28H32N7/c1-28(33-12-10-24(18-33)35(2,3)4)11-9-25-23(14-28)17-32-16-22(21-7-5-20(15-29)6-8-21)13-26(32)27-30-19-31-34(25)27/h5-9,11,13,16,19,24H,10,12,14,17-18H2,1-4H3/q+1/t24-,28?/m1/s1. The van der Waals surface area contributed by atoms with Crippen molar-refractivity contribution in [3.8, 4) is 28.7 Å². The van der Waals surface area contributed by atoms with Crippen molar-refractivity contribution in [1.82, 2.24) is 24.2 Å². The van der Waals surface area contributed by atoms with Crippen molar-refractivity contribution in [2.24, 2.45) is 0 Å². The van der Waals surface area contributed by atoms with Gasteiger partial charge < -0.3 is 9.05 Å². The number of nitriles is 1. The Morgan fingerprint density at radius 1 is 1.14 bits per heavy atom. The van der Waals surface area contributed by atoms with E-state index in [0.29, 0.717) is 11.6 Å². The summed E-state index contributed by atoms with van der Waals surface area (Å²) in [4.78, 5) is 7.32. The van der Waals surface area contributed by atoms with Gasteiger partial charge in [0.2, 0.25) is 0 Å². The minimum absolute atomic E-state index is 0.00287. The average Bonchev–Trinajstić information content (AvgIpc) is 3.58. The molecule has 0 saturated carbocycles. The predicted molar refractivity (Wildman–Crippen MR) is 137 cm³/mol. The van der Waals surface area contributed by atoms with Gasteiger partial charge in [-0.2, -0.15) is 10.4 Å². The number of allylic oxidation sites excluding steroid dienone is 2. The normalized spacial score (nSPS) is 24.0. The van der Waals surface area contributed by atoms with Crippen LogP contribution in [0.3, 0.4) is 0 Å². The highest BCUT2D eigenvalue weighted by molar-refractivity contribution is 5.75. The van der Waals surface area contributed by atoms with Gasteiger partial charge in [0, 0.05) is 36.8 Å². The first-order chi connectivity index (χ1) is 16.7. The molecule has 6 rings (SSSR count). The quantitative estimate of drug-likeness (QED) is 0.547. The maximum Gasteiger partial charge on any atom is 0.179 e. The van der Waals surface area contributed by atoms with E-state index in [4.69, 9.17) is 5.26 Å². The second-order valence-electron chi connectivity index (χ2n) is 11.3. The molecule has 0 spiro atoms. The van der Waals surface area contributed by atoms with Crippen molar-refractivity contribution in [2.75, 3.05) is 34.2 Å². The van der Waals surface area contributed by atoms with Gasteiger partial charge in [-0.25, -0.2) is 9.67 Å². The molecular formula is C28H32N7+. The second-order valence-corrected chi connectivity index (χ2v) is 11.3. The number of nitrogens with zero attached hydrogens (tertiary/aromatic N) is 7. The van der Waals surface area contributed by atoms with Crippen molar-refractivity contribution in [2.45, 2.75) is 37.9 Å². The van der Waals surface area contributed by atoms with Gasteiger partial charge in [-0.05, 0) is 48.8 Å². The summed E-state index contributed by atoms with van der Waals surface area (Å²) in [6.07, 6.45) is 10.7. The first-order valence-electron chi connectivity index (χ1n) is 12.3. The molecule has 1 fully saturated rings. The molecule has 1 aromatic carbocycles. The third-order valence-electron chi connectivity index (χ3n) is 8.13. The molecule has 35 heavy (non-hydrogen) atoms. The summed E-state index contributed by atoms with van der Waals surface area (Å²) in [7, 11) is 6.93. The lowest BCUT2D eigenvalue weighted by Gasteiger charge is -2.40. The predicted octanol–water partition coefficient (Wildman–Crippen LogP) is 4.01. The first-order valence-corrected chi connectivity index (χ1v) is 12.3. The van der Waals surface area contributed by atoms with E-state index in [0.717, 1.165) is 58.9 Å². The molecule has 0 radical (unpaired) electrons. The Hall–Kier alpha value is -3.47. The third kappa shape index (κ3) is 3.65. The number of rotatable bonds is 3. The minimum Gasteiger partial charge on any atom is -0.340 e. The van der Waals surface area contributed by atoms with Crippen LogP contribution in [-0.4, -0.2) is 74.5 Å². The molecule has 2 aromatic heterocycles. The monoisotopic (exact) mass is 466 g/mol. The summed E-state index contributed by atoms with van der Waals surface area (Å²) >= 11 is 0. The summed E-state index contributed by atoms with van der Waals surface area (Å²) in [6.45, 7) is 5.46. The molecule has 0 amide bonds. The fourth-order valence-corrected chi connectivity index (χ4v) is 5.89. The molecule has 1 unspecified atom stereocenters. The third-order valence-corrected chi connectivity index (χ3v) is 8.13. The molecule has 4 heterocycles. The number of fused-ring (bicyclic) bond motifs is 4. The molecular weight excluding hydrogens is 434 g/mol. The van der Waals surface area contributed by atoms with E-state index in [-0.39, 0.29) is 5.54 Å². The van der Waals surface area contributed by atoms with Gasteiger partial charge in [-0.15, -0.1) is 0 Å². The zero-order valence-corrected chi connectivity index (χ0v) is 20.9. The van der Waals surface area contributed by atoms with Crippen molar-refractivity contribution < 1.29 is 4.48 Å². The van der Waals surface area contributed by atoms with Crippen LogP contribution < -0.4 is 0 Å². The molecule has 3 aromatic rings. The molecule has 1 saturated heterocycles. The van der Waals surface area contributed by atoms with Crippen LogP contribution in [0.25, 0.3) is 28.3 Å². The van der Waals surface area contributed by atoms with E-state index in [9.17, 15) is 0 Å². The van der Waals surface area contributed by atoms with E-state index >= 15 is 0 Å². The zero-order valence-electron chi connectivity index (χ0n) is 20.9. The molecule has 7 heteroatoms. The number of hydrogen-bond acceptors (Lipinski definition) is 4. The average molecular weight is 467 g/mol. The van der Waals surface area contributed by atoms with Crippen LogP contribution in [0.5, 0.6) is 0 Å². The second kappa shape index (κ2) is 7.77. The Morgan fingerprint density at radius 3 is 2.66 bits per heavy atom. The number of likely N-dealkylation sites (N-methyl/N-ethyl adjacent to an activating group) is 1.